The monoisotopic (exact) mass is 527 g/mol. The predicted octanol–water partition coefficient (Wildman–Crippen LogP) is 5.19. The number of hydrazone groups is 1. The van der Waals surface area contributed by atoms with Crippen LogP contribution in [0.5, 0.6) is 0 Å². The first-order valence-corrected chi connectivity index (χ1v) is 12.2. The number of carbonyl (C=O) groups excluding carboxylic acids is 2. The summed E-state index contributed by atoms with van der Waals surface area (Å²) in [7, 11) is 3.50. The van der Waals surface area contributed by atoms with Crippen LogP contribution in [0.2, 0.25) is 0 Å². The van der Waals surface area contributed by atoms with Gasteiger partial charge in [-0.3, -0.25) is 15.8 Å². The Bertz CT molecular complexity index is 1410. The van der Waals surface area contributed by atoms with Gasteiger partial charge in [0.05, 0.1) is 5.71 Å². The topological polar surface area (TPSA) is 155 Å². The Morgan fingerprint density at radius 2 is 1.38 bits per heavy atom. The number of aryl methyl sites for hydroxylation is 1. The van der Waals surface area contributed by atoms with E-state index >= 15 is 0 Å². The number of hydrogen-bond acceptors (Lipinski definition) is 5. The highest BCUT2D eigenvalue weighted by Crippen LogP contribution is 2.21. The molecule has 202 valence electrons. The Hall–Kier alpha value is -5.19. The molecule has 0 bridgehead atoms. The third-order valence-corrected chi connectivity index (χ3v) is 5.55. The van der Waals surface area contributed by atoms with Crippen molar-refractivity contribution in [2.24, 2.45) is 10.1 Å². The standard InChI is InChI=1S/C28H33N9O2/c1-17-9-12-24(34-27(38)33-23-8-6-7-21(15-23)18(2)36-37-19(3)29)16-25(17)35-28(39)32-22-13-10-20(11-14-22)26(30-4)31-5/h6-16H,1-5H3,(H2,29,37)(H,30,31)(H2,32,35,39)(H2,33,34,38)/b36-18+. The number of nitrogens with zero attached hydrogens (tertiary/aromatic N) is 2. The third-order valence-electron chi connectivity index (χ3n) is 5.55. The van der Waals surface area contributed by atoms with E-state index < -0.39 is 12.1 Å². The molecule has 0 atom stereocenters. The normalized spacial score (nSPS) is 11.3. The number of anilines is 4. The Morgan fingerprint density at radius 1 is 0.769 bits per heavy atom. The zero-order valence-corrected chi connectivity index (χ0v) is 22.6. The quantitative estimate of drug-likeness (QED) is 0.128. The minimum Gasteiger partial charge on any atom is -0.373 e. The predicted molar refractivity (Wildman–Crippen MR) is 160 cm³/mol. The van der Waals surface area contributed by atoms with Gasteiger partial charge in [-0.2, -0.15) is 5.10 Å². The van der Waals surface area contributed by atoms with Crippen molar-refractivity contribution >= 4 is 52.2 Å². The number of rotatable bonds is 7. The van der Waals surface area contributed by atoms with E-state index in [1.54, 1.807) is 63.5 Å². The fourth-order valence-corrected chi connectivity index (χ4v) is 3.56. The average molecular weight is 528 g/mol. The van der Waals surface area contributed by atoms with Gasteiger partial charge in [-0.25, -0.2) is 9.59 Å². The largest absolute Gasteiger partial charge is 0.373 e. The van der Waals surface area contributed by atoms with E-state index in [1.165, 1.54) is 0 Å². The molecule has 11 nitrogen and oxygen atoms in total. The van der Waals surface area contributed by atoms with Gasteiger partial charge in [0.1, 0.15) is 11.7 Å². The summed E-state index contributed by atoms with van der Waals surface area (Å²) in [5, 5.41) is 25.8. The van der Waals surface area contributed by atoms with Gasteiger partial charge in [-0.1, -0.05) is 18.2 Å². The fraction of sp³-hybridized carbons (Fsp3) is 0.179. The maximum absolute atomic E-state index is 12.7. The van der Waals surface area contributed by atoms with E-state index in [9.17, 15) is 9.59 Å². The molecule has 11 heteroatoms. The molecule has 0 saturated carbocycles. The minimum absolute atomic E-state index is 0.229. The smallest absolute Gasteiger partial charge is 0.323 e. The van der Waals surface area contributed by atoms with Crippen molar-refractivity contribution in [2.45, 2.75) is 20.8 Å². The summed E-state index contributed by atoms with van der Waals surface area (Å²) in [5.74, 6) is 0.977. The number of nitrogens with one attached hydrogen (secondary N) is 7. The van der Waals surface area contributed by atoms with Gasteiger partial charge in [0, 0.05) is 42.4 Å². The van der Waals surface area contributed by atoms with Crippen LogP contribution in [0.3, 0.4) is 0 Å². The molecule has 0 aliphatic heterocycles. The van der Waals surface area contributed by atoms with Crippen LogP contribution >= 0.6 is 0 Å². The van der Waals surface area contributed by atoms with Crippen LogP contribution in [0.1, 0.15) is 30.5 Å². The first kappa shape index (κ1) is 28.4. The van der Waals surface area contributed by atoms with Gasteiger partial charge in [-0.15, -0.1) is 0 Å². The van der Waals surface area contributed by atoms with Gasteiger partial charge >= 0.3 is 12.1 Å². The van der Waals surface area contributed by atoms with Gasteiger partial charge < -0.3 is 26.6 Å². The molecule has 0 fully saturated rings. The van der Waals surface area contributed by atoms with Crippen LogP contribution in [0.4, 0.5) is 32.3 Å². The van der Waals surface area contributed by atoms with Crippen molar-refractivity contribution in [3.05, 3.63) is 83.4 Å². The van der Waals surface area contributed by atoms with E-state index in [0.29, 0.717) is 28.5 Å². The maximum Gasteiger partial charge on any atom is 0.323 e. The van der Waals surface area contributed by atoms with Crippen molar-refractivity contribution in [3.8, 4) is 0 Å². The molecule has 0 saturated heterocycles. The van der Waals surface area contributed by atoms with Crippen molar-refractivity contribution < 1.29 is 9.59 Å². The Kier molecular flexibility index (Phi) is 9.74. The first-order chi connectivity index (χ1) is 18.7. The Labute approximate surface area is 227 Å². The molecule has 0 aliphatic rings. The number of amidine groups is 2. The van der Waals surface area contributed by atoms with Crippen LogP contribution in [-0.4, -0.2) is 43.5 Å². The van der Waals surface area contributed by atoms with Gasteiger partial charge in [0.25, 0.3) is 0 Å². The lowest BCUT2D eigenvalue weighted by Gasteiger charge is -2.13. The van der Waals surface area contributed by atoms with Crippen molar-refractivity contribution in [3.63, 3.8) is 0 Å². The second kappa shape index (κ2) is 13.4. The van der Waals surface area contributed by atoms with E-state index in [1.807, 2.05) is 38.1 Å². The number of amides is 4. The Morgan fingerprint density at radius 3 is 2.03 bits per heavy atom. The number of carbonyl (C=O) groups is 2. The summed E-state index contributed by atoms with van der Waals surface area (Å²) in [6.07, 6.45) is 0. The summed E-state index contributed by atoms with van der Waals surface area (Å²) < 4.78 is 0. The molecule has 3 aromatic carbocycles. The van der Waals surface area contributed by atoms with Gasteiger partial charge in [0.15, 0.2) is 0 Å². The molecule has 3 rings (SSSR count). The lowest BCUT2D eigenvalue weighted by Crippen LogP contribution is -2.22. The molecule has 0 aliphatic carbocycles. The number of aliphatic imine (C=N–C) groups is 1. The van der Waals surface area contributed by atoms with E-state index in [0.717, 1.165) is 22.5 Å². The van der Waals surface area contributed by atoms with Crippen molar-refractivity contribution in [1.82, 2.24) is 10.7 Å². The number of benzene rings is 3. The number of urea groups is 2. The van der Waals surface area contributed by atoms with E-state index in [-0.39, 0.29) is 5.84 Å². The van der Waals surface area contributed by atoms with E-state index in [2.05, 4.69) is 42.1 Å². The van der Waals surface area contributed by atoms with E-state index in [4.69, 9.17) is 5.41 Å². The summed E-state index contributed by atoms with van der Waals surface area (Å²) >= 11 is 0. The molecular weight excluding hydrogens is 494 g/mol. The molecule has 0 aromatic heterocycles. The summed E-state index contributed by atoms with van der Waals surface area (Å²) in [4.78, 5) is 29.4. The van der Waals surface area contributed by atoms with Crippen molar-refractivity contribution in [1.29, 1.82) is 5.41 Å². The third kappa shape index (κ3) is 8.42. The molecule has 39 heavy (non-hydrogen) atoms. The first-order valence-electron chi connectivity index (χ1n) is 12.2. The molecule has 0 heterocycles. The minimum atomic E-state index is -0.439. The summed E-state index contributed by atoms with van der Waals surface area (Å²) in [5.41, 5.74) is 8.09. The lowest BCUT2D eigenvalue weighted by atomic mass is 10.1. The van der Waals surface area contributed by atoms with Crippen LogP contribution in [-0.2, 0) is 0 Å². The second-order valence-corrected chi connectivity index (χ2v) is 8.60. The summed E-state index contributed by atoms with van der Waals surface area (Å²) in [6.45, 7) is 5.27. The zero-order chi connectivity index (χ0) is 28.4. The number of hydrogen-bond donors (Lipinski definition) is 7. The van der Waals surface area contributed by atoms with Crippen LogP contribution in [0, 0.1) is 12.3 Å². The lowest BCUT2D eigenvalue weighted by molar-refractivity contribution is 0.261. The summed E-state index contributed by atoms with van der Waals surface area (Å²) in [6, 6.07) is 18.9. The van der Waals surface area contributed by atoms with Gasteiger partial charge in [0.2, 0.25) is 0 Å². The fourth-order valence-electron chi connectivity index (χ4n) is 3.56. The second-order valence-electron chi connectivity index (χ2n) is 8.60. The highest BCUT2D eigenvalue weighted by Gasteiger charge is 2.10. The molecule has 0 radical (unpaired) electrons. The van der Waals surface area contributed by atoms with Gasteiger partial charge in [-0.05, 0) is 80.4 Å². The average Bonchev–Trinajstić information content (AvgIpc) is 2.91. The molecule has 3 aromatic rings. The van der Waals surface area contributed by atoms with Crippen LogP contribution in [0.15, 0.2) is 76.8 Å². The molecule has 7 N–H and O–H groups in total. The molecular formula is C28H33N9O2. The molecule has 0 unspecified atom stereocenters. The SMILES string of the molecule is C/N=C(\NC)c1ccc(NC(=O)Nc2cc(NC(=O)Nc3cccc(/C(C)=N/NC(C)=N)c3)ccc2C)cc1. The maximum atomic E-state index is 12.7. The Balaban J connectivity index is 1.62. The molecule has 0 spiro atoms. The van der Waals surface area contributed by atoms with Crippen LogP contribution < -0.4 is 32.0 Å². The highest BCUT2D eigenvalue weighted by molar-refractivity contribution is 6.04. The van der Waals surface area contributed by atoms with Crippen molar-refractivity contribution in [2.75, 3.05) is 35.4 Å². The zero-order valence-electron chi connectivity index (χ0n) is 22.6. The molecule has 4 amide bonds. The highest BCUT2D eigenvalue weighted by atomic mass is 16.2. The van der Waals surface area contributed by atoms with Crippen LogP contribution in [0.25, 0.3) is 0 Å².